The molecule has 1 heterocycles. The van der Waals surface area contributed by atoms with Crippen LogP contribution in [0, 0.1) is 4.91 Å². The molecule has 1 aromatic carbocycles. The van der Waals surface area contributed by atoms with Crippen LogP contribution in [0.2, 0.25) is 0 Å². The van der Waals surface area contributed by atoms with E-state index in [1.54, 1.807) is 19.1 Å². The Bertz CT molecular complexity index is 607. The minimum Gasteiger partial charge on any atom is -0.268 e. The lowest BCUT2D eigenvalue weighted by atomic mass is 9.98. The Morgan fingerprint density at radius 3 is 2.50 bits per heavy atom. The van der Waals surface area contributed by atoms with Crippen LogP contribution in [0.3, 0.4) is 0 Å². The van der Waals surface area contributed by atoms with Gasteiger partial charge >= 0.3 is 0 Å². The molecule has 0 aromatic heterocycles. The number of rotatable bonds is 4. The first kappa shape index (κ1) is 14.8. The fourth-order valence-electron chi connectivity index (χ4n) is 2.51. The highest BCUT2D eigenvalue weighted by atomic mass is 32.2. The average Bonchev–Trinajstić information content (AvgIpc) is 2.77. The van der Waals surface area contributed by atoms with Gasteiger partial charge in [0.2, 0.25) is 0 Å². The van der Waals surface area contributed by atoms with E-state index in [1.165, 1.54) is 0 Å². The van der Waals surface area contributed by atoms with E-state index in [9.17, 15) is 18.1 Å². The van der Waals surface area contributed by atoms with Gasteiger partial charge in [-0.25, -0.2) is 8.42 Å². The number of nitrogens with zero attached hydrogens (tertiary/aromatic N) is 1. The molecular formula is C14H17NO4S. The molecule has 5 nitrogen and oxygen atoms in total. The highest BCUT2D eigenvalue weighted by Crippen LogP contribution is 2.24. The van der Waals surface area contributed by atoms with Gasteiger partial charge in [-0.15, -0.1) is 4.91 Å². The summed E-state index contributed by atoms with van der Waals surface area (Å²) in [6, 6.07) is 7.14. The summed E-state index contributed by atoms with van der Waals surface area (Å²) in [5.74, 6) is -0.973. The zero-order valence-corrected chi connectivity index (χ0v) is 12.1. The normalized spacial score (nSPS) is 22.4. The number of sulfone groups is 1. The van der Waals surface area contributed by atoms with E-state index in [4.69, 9.17) is 0 Å². The Hall–Kier alpha value is -1.56. The smallest absolute Gasteiger partial charge is 0.268 e. The van der Waals surface area contributed by atoms with E-state index in [2.05, 4.69) is 5.18 Å². The van der Waals surface area contributed by atoms with Gasteiger partial charge in [0.15, 0.2) is 9.84 Å². The van der Waals surface area contributed by atoms with Crippen molar-refractivity contribution in [3.8, 4) is 0 Å². The SMILES string of the molecule is CC(C(=O)N=O)c1ccc(CC2CCCS2(=O)=O)cc1. The molecule has 0 bridgehead atoms. The Balaban J connectivity index is 2.09. The van der Waals surface area contributed by atoms with E-state index < -0.39 is 21.7 Å². The molecule has 0 aliphatic carbocycles. The molecule has 2 atom stereocenters. The largest absolute Gasteiger partial charge is 0.293 e. The first-order chi connectivity index (χ1) is 9.44. The summed E-state index contributed by atoms with van der Waals surface area (Å²) in [5.41, 5.74) is 1.65. The van der Waals surface area contributed by atoms with Crippen molar-refractivity contribution in [1.82, 2.24) is 0 Å². The molecule has 1 fully saturated rings. The van der Waals surface area contributed by atoms with Crippen molar-refractivity contribution in [2.24, 2.45) is 5.18 Å². The van der Waals surface area contributed by atoms with Crippen LogP contribution < -0.4 is 0 Å². The van der Waals surface area contributed by atoms with Gasteiger partial charge < -0.3 is 0 Å². The third kappa shape index (κ3) is 3.12. The Morgan fingerprint density at radius 2 is 2.00 bits per heavy atom. The van der Waals surface area contributed by atoms with Crippen molar-refractivity contribution in [1.29, 1.82) is 0 Å². The second-order valence-electron chi connectivity index (χ2n) is 5.23. The summed E-state index contributed by atoms with van der Waals surface area (Å²) in [6.45, 7) is 1.63. The van der Waals surface area contributed by atoms with Gasteiger partial charge in [0.25, 0.3) is 5.91 Å². The first-order valence-corrected chi connectivity index (χ1v) is 8.33. The third-order valence-corrected chi connectivity index (χ3v) is 6.14. The fourth-order valence-corrected chi connectivity index (χ4v) is 4.39. The summed E-state index contributed by atoms with van der Waals surface area (Å²) >= 11 is 0. The van der Waals surface area contributed by atoms with Crippen LogP contribution in [-0.4, -0.2) is 25.3 Å². The Morgan fingerprint density at radius 1 is 1.35 bits per heavy atom. The number of hydrogen-bond acceptors (Lipinski definition) is 4. The molecule has 20 heavy (non-hydrogen) atoms. The molecule has 1 aliphatic rings. The lowest BCUT2D eigenvalue weighted by Crippen LogP contribution is -2.18. The molecule has 108 valence electrons. The van der Waals surface area contributed by atoms with Crippen LogP contribution in [-0.2, 0) is 21.1 Å². The molecule has 0 N–H and O–H groups in total. The predicted octanol–water partition coefficient (Wildman–Crippen LogP) is 2.20. The van der Waals surface area contributed by atoms with E-state index in [0.29, 0.717) is 18.4 Å². The van der Waals surface area contributed by atoms with Crippen LogP contribution in [0.4, 0.5) is 0 Å². The number of amides is 1. The summed E-state index contributed by atoms with van der Waals surface area (Å²) < 4.78 is 23.6. The van der Waals surface area contributed by atoms with Crippen molar-refractivity contribution in [3.63, 3.8) is 0 Å². The van der Waals surface area contributed by atoms with Crippen molar-refractivity contribution < 1.29 is 13.2 Å². The monoisotopic (exact) mass is 295 g/mol. The van der Waals surface area contributed by atoms with Gasteiger partial charge in [0.05, 0.1) is 16.9 Å². The minimum absolute atomic E-state index is 0.284. The molecule has 1 aliphatic heterocycles. The minimum atomic E-state index is -2.94. The van der Waals surface area contributed by atoms with Gasteiger partial charge in [-0.1, -0.05) is 24.3 Å². The van der Waals surface area contributed by atoms with Crippen molar-refractivity contribution >= 4 is 15.7 Å². The van der Waals surface area contributed by atoms with Gasteiger partial charge in [0.1, 0.15) is 0 Å². The van der Waals surface area contributed by atoms with Crippen LogP contribution in [0.1, 0.15) is 36.8 Å². The summed E-state index contributed by atoms with van der Waals surface area (Å²) in [4.78, 5) is 21.4. The second kappa shape index (κ2) is 5.83. The van der Waals surface area contributed by atoms with E-state index >= 15 is 0 Å². The number of hydrogen-bond donors (Lipinski definition) is 0. The standard InChI is InChI=1S/C14H17NO4S/c1-10(14(16)15-17)12-6-4-11(5-7-12)9-13-3-2-8-20(13,18)19/h4-7,10,13H,2-3,8-9H2,1H3. The lowest BCUT2D eigenvalue weighted by Gasteiger charge is -2.11. The van der Waals surface area contributed by atoms with E-state index in [1.807, 2.05) is 12.1 Å². The number of benzene rings is 1. The lowest BCUT2D eigenvalue weighted by molar-refractivity contribution is -0.119. The van der Waals surface area contributed by atoms with Gasteiger partial charge in [0, 0.05) is 5.18 Å². The molecule has 2 rings (SSSR count). The fraction of sp³-hybridized carbons (Fsp3) is 0.500. The zero-order valence-electron chi connectivity index (χ0n) is 11.3. The summed E-state index contributed by atoms with van der Waals surface area (Å²) in [5, 5.41) is 2.13. The van der Waals surface area contributed by atoms with Crippen molar-refractivity contribution in [2.45, 2.75) is 37.4 Å². The maximum absolute atomic E-state index is 11.8. The van der Waals surface area contributed by atoms with Gasteiger partial charge in [-0.2, -0.15) is 0 Å². The molecule has 1 aromatic rings. The molecule has 1 saturated heterocycles. The van der Waals surface area contributed by atoms with Gasteiger partial charge in [-0.05, 0) is 37.3 Å². The third-order valence-electron chi connectivity index (χ3n) is 3.87. The summed E-state index contributed by atoms with van der Waals surface area (Å²) in [6.07, 6.45) is 1.96. The highest BCUT2D eigenvalue weighted by molar-refractivity contribution is 7.92. The number of carbonyl (C=O) groups excluding carboxylic acids is 1. The maximum Gasteiger partial charge on any atom is 0.293 e. The molecule has 0 saturated carbocycles. The molecule has 0 radical (unpaired) electrons. The Kier molecular flexibility index (Phi) is 4.32. The molecule has 1 amide bonds. The topological polar surface area (TPSA) is 80.6 Å². The second-order valence-corrected chi connectivity index (χ2v) is 7.63. The predicted molar refractivity (Wildman–Crippen MR) is 76.2 cm³/mol. The maximum atomic E-state index is 11.8. The quantitative estimate of drug-likeness (QED) is 0.797. The highest BCUT2D eigenvalue weighted by Gasteiger charge is 2.31. The van der Waals surface area contributed by atoms with Crippen LogP contribution in [0.25, 0.3) is 0 Å². The van der Waals surface area contributed by atoms with Gasteiger partial charge in [-0.3, -0.25) is 4.79 Å². The molecule has 2 unspecified atom stereocenters. The Labute approximate surface area is 118 Å². The van der Waals surface area contributed by atoms with Crippen LogP contribution in [0.15, 0.2) is 29.4 Å². The van der Waals surface area contributed by atoms with Crippen LogP contribution >= 0.6 is 0 Å². The van der Waals surface area contributed by atoms with E-state index in [0.717, 1.165) is 12.0 Å². The first-order valence-electron chi connectivity index (χ1n) is 6.61. The summed E-state index contributed by atoms with van der Waals surface area (Å²) in [7, 11) is -2.94. The van der Waals surface area contributed by atoms with Crippen molar-refractivity contribution in [2.75, 3.05) is 5.75 Å². The average molecular weight is 295 g/mol. The zero-order chi connectivity index (χ0) is 14.8. The van der Waals surface area contributed by atoms with Crippen LogP contribution in [0.5, 0.6) is 0 Å². The number of carbonyl (C=O) groups is 1. The number of nitroso groups, excluding NO2 is 1. The molecule has 6 heteroatoms. The van der Waals surface area contributed by atoms with Crippen molar-refractivity contribution in [3.05, 3.63) is 40.3 Å². The molecular weight excluding hydrogens is 278 g/mol. The van der Waals surface area contributed by atoms with E-state index in [-0.39, 0.29) is 11.0 Å². The molecule has 0 spiro atoms.